The Labute approximate surface area is 104 Å². The zero-order valence-corrected chi connectivity index (χ0v) is 9.79. The van der Waals surface area contributed by atoms with Crippen molar-refractivity contribution in [3.8, 4) is 0 Å². The summed E-state index contributed by atoms with van der Waals surface area (Å²) in [5, 5.41) is 10.4. The standard InChI is InChI=1S/C7H2F5IN2O2/c8-5(9)2-1-3(13)6(15(16)17)14-4(2)7(10,11)12/h1,5H. The molecule has 0 saturated heterocycles. The van der Waals surface area contributed by atoms with Gasteiger partial charge in [0.2, 0.25) is 0 Å². The van der Waals surface area contributed by atoms with E-state index in [1.54, 1.807) is 0 Å². The third kappa shape index (κ3) is 2.98. The van der Waals surface area contributed by atoms with Crippen LogP contribution in [0.3, 0.4) is 0 Å². The van der Waals surface area contributed by atoms with Crippen LogP contribution in [-0.4, -0.2) is 9.91 Å². The number of alkyl halides is 5. The van der Waals surface area contributed by atoms with Gasteiger partial charge in [-0.05, 0) is 38.6 Å². The van der Waals surface area contributed by atoms with Crippen LogP contribution < -0.4 is 0 Å². The van der Waals surface area contributed by atoms with Gasteiger partial charge in [0.1, 0.15) is 3.57 Å². The van der Waals surface area contributed by atoms with Crippen LogP contribution in [0.5, 0.6) is 0 Å². The van der Waals surface area contributed by atoms with Gasteiger partial charge in [-0.1, -0.05) is 0 Å². The van der Waals surface area contributed by atoms with Crippen molar-refractivity contribution >= 4 is 28.4 Å². The lowest BCUT2D eigenvalue weighted by Gasteiger charge is -2.08. The van der Waals surface area contributed by atoms with Crippen LogP contribution in [0.25, 0.3) is 0 Å². The molecule has 0 fully saturated rings. The number of nitrogens with zero attached hydrogens (tertiary/aromatic N) is 2. The third-order valence-electron chi connectivity index (χ3n) is 1.66. The topological polar surface area (TPSA) is 56.0 Å². The predicted molar refractivity (Wildman–Crippen MR) is 53.6 cm³/mol. The van der Waals surface area contributed by atoms with Crippen LogP contribution in [-0.2, 0) is 6.18 Å². The molecule has 0 bridgehead atoms. The van der Waals surface area contributed by atoms with E-state index >= 15 is 0 Å². The molecule has 0 N–H and O–H groups in total. The fraction of sp³-hybridized carbons (Fsp3) is 0.286. The van der Waals surface area contributed by atoms with Crippen molar-refractivity contribution in [2.24, 2.45) is 0 Å². The Morgan fingerprint density at radius 3 is 2.29 bits per heavy atom. The van der Waals surface area contributed by atoms with Crippen molar-refractivity contribution in [2.75, 3.05) is 0 Å². The summed E-state index contributed by atoms with van der Waals surface area (Å²) in [5.41, 5.74) is -3.30. The lowest BCUT2D eigenvalue weighted by molar-refractivity contribution is -0.391. The van der Waals surface area contributed by atoms with Crippen LogP contribution in [0.2, 0.25) is 0 Å². The van der Waals surface area contributed by atoms with Gasteiger partial charge in [0.05, 0.1) is 5.56 Å². The van der Waals surface area contributed by atoms with Crippen molar-refractivity contribution < 1.29 is 26.9 Å². The van der Waals surface area contributed by atoms with Crippen molar-refractivity contribution in [1.29, 1.82) is 0 Å². The molecule has 1 aromatic heterocycles. The highest BCUT2D eigenvalue weighted by Crippen LogP contribution is 2.37. The van der Waals surface area contributed by atoms with Crippen LogP contribution in [0, 0.1) is 13.7 Å². The fourth-order valence-corrected chi connectivity index (χ4v) is 1.67. The second kappa shape index (κ2) is 4.66. The summed E-state index contributed by atoms with van der Waals surface area (Å²) >= 11 is 1.27. The smallest absolute Gasteiger partial charge is 0.358 e. The Balaban J connectivity index is 3.54. The number of hydrogen-bond acceptors (Lipinski definition) is 3. The van der Waals surface area contributed by atoms with Crippen molar-refractivity contribution in [2.45, 2.75) is 12.6 Å². The van der Waals surface area contributed by atoms with Gasteiger partial charge in [-0.3, -0.25) is 0 Å². The molecule has 1 rings (SSSR count). The molecule has 94 valence electrons. The predicted octanol–water partition coefficient (Wildman–Crippen LogP) is 3.55. The van der Waals surface area contributed by atoms with E-state index in [-0.39, 0.29) is 3.57 Å². The van der Waals surface area contributed by atoms with E-state index in [4.69, 9.17) is 0 Å². The molecule has 0 spiro atoms. The number of rotatable bonds is 2. The van der Waals surface area contributed by atoms with E-state index in [9.17, 15) is 32.1 Å². The molecule has 0 saturated carbocycles. The van der Waals surface area contributed by atoms with Crippen LogP contribution in [0.1, 0.15) is 17.7 Å². The number of halogens is 6. The van der Waals surface area contributed by atoms with E-state index in [2.05, 4.69) is 4.98 Å². The molecular formula is C7H2F5IN2O2. The first kappa shape index (κ1) is 14.0. The molecule has 0 unspecified atom stereocenters. The Morgan fingerprint density at radius 2 is 1.94 bits per heavy atom. The Hall–Kier alpha value is -1.07. The van der Waals surface area contributed by atoms with Gasteiger partial charge in [-0.15, -0.1) is 0 Å². The van der Waals surface area contributed by atoms with Gasteiger partial charge >= 0.3 is 12.0 Å². The van der Waals surface area contributed by atoms with Gasteiger partial charge in [0.25, 0.3) is 12.1 Å². The van der Waals surface area contributed by atoms with Crippen molar-refractivity contribution in [1.82, 2.24) is 4.98 Å². The molecule has 0 radical (unpaired) electrons. The number of aromatic nitrogens is 1. The maximum Gasteiger partial charge on any atom is 0.458 e. The summed E-state index contributed by atoms with van der Waals surface area (Å²) in [6.07, 6.45) is -8.57. The zero-order valence-electron chi connectivity index (χ0n) is 7.63. The average molecular weight is 368 g/mol. The van der Waals surface area contributed by atoms with E-state index in [1.807, 2.05) is 0 Å². The number of nitro groups is 1. The van der Waals surface area contributed by atoms with Crippen LogP contribution >= 0.6 is 22.6 Å². The van der Waals surface area contributed by atoms with Gasteiger partial charge in [0, 0.05) is 0 Å². The molecule has 17 heavy (non-hydrogen) atoms. The molecule has 1 aromatic rings. The minimum Gasteiger partial charge on any atom is -0.358 e. The van der Waals surface area contributed by atoms with E-state index in [0.717, 1.165) is 0 Å². The van der Waals surface area contributed by atoms with Crippen molar-refractivity contribution in [3.05, 3.63) is 31.0 Å². The summed E-state index contributed by atoms with van der Waals surface area (Å²) in [7, 11) is 0. The van der Waals surface area contributed by atoms with Gasteiger partial charge in [-0.2, -0.15) is 13.2 Å². The minimum atomic E-state index is -5.17. The summed E-state index contributed by atoms with van der Waals surface area (Å²) in [6.45, 7) is 0. The lowest BCUT2D eigenvalue weighted by Crippen LogP contribution is -2.14. The first-order valence-electron chi connectivity index (χ1n) is 3.84. The first-order valence-corrected chi connectivity index (χ1v) is 4.92. The quantitative estimate of drug-likeness (QED) is 0.347. The average Bonchev–Trinajstić information content (AvgIpc) is 2.14. The largest absolute Gasteiger partial charge is 0.458 e. The highest BCUT2D eigenvalue weighted by atomic mass is 127. The lowest BCUT2D eigenvalue weighted by atomic mass is 10.2. The molecule has 4 nitrogen and oxygen atoms in total. The molecule has 0 aliphatic rings. The summed E-state index contributed by atoms with van der Waals surface area (Å²) in [6, 6.07) is 0.416. The van der Waals surface area contributed by atoms with Gasteiger partial charge in [-0.25, -0.2) is 8.78 Å². The number of hydrogen-bond donors (Lipinski definition) is 0. The maximum absolute atomic E-state index is 12.4. The van der Waals surface area contributed by atoms with E-state index in [1.165, 1.54) is 22.6 Å². The highest BCUT2D eigenvalue weighted by molar-refractivity contribution is 14.1. The summed E-state index contributed by atoms with van der Waals surface area (Å²) < 4.78 is 61.4. The second-order valence-corrected chi connectivity index (χ2v) is 3.95. The molecule has 0 aromatic carbocycles. The van der Waals surface area contributed by atoms with Crippen LogP contribution in [0.4, 0.5) is 27.8 Å². The first-order chi connectivity index (χ1) is 7.64. The van der Waals surface area contributed by atoms with Gasteiger partial charge < -0.3 is 10.1 Å². The molecule has 1 heterocycles. The molecular weight excluding hydrogens is 366 g/mol. The number of pyridine rings is 1. The van der Waals surface area contributed by atoms with Crippen LogP contribution in [0.15, 0.2) is 6.07 Å². The third-order valence-corrected chi connectivity index (χ3v) is 2.46. The molecule has 0 amide bonds. The Morgan fingerprint density at radius 1 is 1.41 bits per heavy atom. The molecule has 0 aliphatic carbocycles. The Bertz CT molecular complexity index is 462. The molecule has 0 atom stereocenters. The summed E-state index contributed by atoms with van der Waals surface area (Å²) in [4.78, 5) is 11.9. The highest BCUT2D eigenvalue weighted by Gasteiger charge is 2.43. The Kier molecular flexibility index (Phi) is 3.84. The fourth-order valence-electron chi connectivity index (χ4n) is 1.01. The minimum absolute atomic E-state index is 0.379. The monoisotopic (exact) mass is 368 g/mol. The molecule has 0 aliphatic heterocycles. The second-order valence-electron chi connectivity index (χ2n) is 2.79. The zero-order chi connectivity index (χ0) is 13.4. The van der Waals surface area contributed by atoms with E-state index in [0.29, 0.717) is 6.07 Å². The van der Waals surface area contributed by atoms with Gasteiger partial charge in [0.15, 0.2) is 0 Å². The maximum atomic E-state index is 12.4. The van der Waals surface area contributed by atoms with Crippen molar-refractivity contribution in [3.63, 3.8) is 0 Å². The molecule has 10 heteroatoms. The van der Waals surface area contributed by atoms with E-state index < -0.39 is 34.6 Å². The summed E-state index contributed by atoms with van der Waals surface area (Å²) in [5.74, 6) is -1.10. The SMILES string of the molecule is O=[N+]([O-])c1nc(C(F)(F)F)c(C(F)F)cc1I. The normalized spacial score (nSPS) is 11.9.